The first-order valence-corrected chi connectivity index (χ1v) is 10.6. The number of rotatable bonds is 4. The van der Waals surface area contributed by atoms with Gasteiger partial charge in [-0.2, -0.15) is 17.4 Å². The molecule has 2 fully saturated rings. The third-order valence-corrected chi connectivity index (χ3v) is 7.34. The van der Waals surface area contributed by atoms with Crippen LogP contribution in [0.1, 0.15) is 31.5 Å². The number of hydrogen-bond acceptors (Lipinski definition) is 4. The molecule has 2 aliphatic rings. The maximum atomic E-state index is 13.0. The molecule has 4 heterocycles. The smallest absolute Gasteiger partial charge is 0.280 e. The lowest BCUT2D eigenvalue weighted by atomic mass is 9.97. The fourth-order valence-corrected chi connectivity index (χ4v) is 5.87. The second kappa shape index (κ2) is 5.94. The Hall–Kier alpha value is -2.11. The molecule has 0 amide bonds. The van der Waals surface area contributed by atoms with Crippen LogP contribution in [-0.4, -0.2) is 57.1 Å². The molecule has 0 spiro atoms. The Balaban J connectivity index is 1.40. The van der Waals surface area contributed by atoms with Crippen LogP contribution in [-0.2, 0) is 10.2 Å². The largest absolute Gasteiger partial charge is 0.345 e. The summed E-state index contributed by atoms with van der Waals surface area (Å²) in [6, 6.07) is 1.62. The first-order valence-electron chi connectivity index (χ1n) is 9.18. The summed E-state index contributed by atoms with van der Waals surface area (Å²) in [4.78, 5) is 12.0. The van der Waals surface area contributed by atoms with Crippen molar-refractivity contribution in [3.05, 3.63) is 30.5 Å². The Bertz CT molecular complexity index is 1150. The average molecular weight is 410 g/mol. The van der Waals surface area contributed by atoms with Crippen LogP contribution >= 0.6 is 0 Å². The van der Waals surface area contributed by atoms with Crippen LogP contribution in [0.4, 0.5) is 8.78 Å². The summed E-state index contributed by atoms with van der Waals surface area (Å²) in [6.45, 7) is 0.558. The number of alkyl halides is 2. The lowest BCUT2D eigenvalue weighted by molar-refractivity contribution is -0.0950. The van der Waals surface area contributed by atoms with Gasteiger partial charge in [0.1, 0.15) is 5.82 Å². The highest BCUT2D eigenvalue weighted by Crippen LogP contribution is 2.40. The van der Waals surface area contributed by atoms with Crippen molar-refractivity contribution in [1.82, 2.24) is 28.4 Å². The highest BCUT2D eigenvalue weighted by Gasteiger charge is 2.50. The Kier molecular flexibility index (Phi) is 3.81. The van der Waals surface area contributed by atoms with Crippen molar-refractivity contribution in [2.75, 3.05) is 13.1 Å². The topological polar surface area (TPSA) is 95.4 Å². The minimum absolute atomic E-state index is 0.0496. The van der Waals surface area contributed by atoms with Crippen LogP contribution in [0.25, 0.3) is 16.7 Å². The second-order valence-corrected chi connectivity index (χ2v) is 9.55. The summed E-state index contributed by atoms with van der Waals surface area (Å²) in [5, 5.41) is 0. The van der Waals surface area contributed by atoms with Crippen LogP contribution in [0.15, 0.2) is 24.7 Å². The quantitative estimate of drug-likeness (QED) is 0.687. The number of aromatic amines is 1. The SMILES string of the molecule is C[C@@H]1C[C@H](NS(=O)(=O)N2CC(F)(F)C2)C[C@@H]1c1ncc2cnc3[nH]ccc3n12. The molecule has 150 valence electrons. The summed E-state index contributed by atoms with van der Waals surface area (Å²) in [6.07, 6.45) is 6.53. The first kappa shape index (κ1) is 18.0. The van der Waals surface area contributed by atoms with E-state index in [-0.39, 0.29) is 17.9 Å². The lowest BCUT2D eigenvalue weighted by Gasteiger charge is -2.37. The van der Waals surface area contributed by atoms with Crippen LogP contribution in [0.5, 0.6) is 0 Å². The van der Waals surface area contributed by atoms with Crippen molar-refractivity contribution in [3.8, 4) is 0 Å². The molecule has 3 aromatic heterocycles. The van der Waals surface area contributed by atoms with E-state index in [0.717, 1.165) is 26.8 Å². The summed E-state index contributed by atoms with van der Waals surface area (Å²) >= 11 is 0. The highest BCUT2D eigenvalue weighted by atomic mass is 32.2. The number of nitrogens with zero attached hydrogens (tertiary/aromatic N) is 4. The maximum absolute atomic E-state index is 13.0. The minimum Gasteiger partial charge on any atom is -0.345 e. The molecule has 1 aliphatic carbocycles. The molecule has 0 radical (unpaired) electrons. The number of nitrogens with one attached hydrogen (secondary N) is 2. The van der Waals surface area contributed by atoms with Crippen molar-refractivity contribution in [3.63, 3.8) is 0 Å². The number of fused-ring (bicyclic) bond motifs is 3. The van der Waals surface area contributed by atoms with E-state index < -0.39 is 29.2 Å². The van der Waals surface area contributed by atoms with Gasteiger partial charge in [-0.1, -0.05) is 6.92 Å². The lowest BCUT2D eigenvalue weighted by Crippen LogP contribution is -2.61. The molecule has 11 heteroatoms. The molecule has 2 N–H and O–H groups in total. The predicted octanol–water partition coefficient (Wildman–Crippen LogP) is 1.88. The van der Waals surface area contributed by atoms with Gasteiger partial charge in [-0.15, -0.1) is 0 Å². The number of H-pyrrole nitrogens is 1. The van der Waals surface area contributed by atoms with E-state index in [1.54, 1.807) is 12.4 Å². The van der Waals surface area contributed by atoms with Gasteiger partial charge in [-0.25, -0.2) is 18.7 Å². The third kappa shape index (κ3) is 2.80. The Morgan fingerprint density at radius 3 is 2.75 bits per heavy atom. The molecule has 5 rings (SSSR count). The molecule has 1 saturated carbocycles. The van der Waals surface area contributed by atoms with E-state index in [9.17, 15) is 17.2 Å². The molecule has 1 saturated heterocycles. The van der Waals surface area contributed by atoms with Crippen molar-refractivity contribution in [1.29, 1.82) is 0 Å². The molecule has 0 bridgehead atoms. The zero-order chi connectivity index (χ0) is 19.7. The Morgan fingerprint density at radius 1 is 1.25 bits per heavy atom. The second-order valence-electron chi connectivity index (χ2n) is 7.85. The van der Waals surface area contributed by atoms with E-state index in [4.69, 9.17) is 0 Å². The number of hydrogen-bond donors (Lipinski definition) is 2. The van der Waals surface area contributed by atoms with Crippen LogP contribution < -0.4 is 4.72 Å². The van der Waals surface area contributed by atoms with Gasteiger partial charge in [0.2, 0.25) is 0 Å². The molecular formula is C17H20F2N6O2S. The number of imidazole rings is 1. The fourth-order valence-electron chi connectivity index (χ4n) is 4.39. The van der Waals surface area contributed by atoms with Gasteiger partial charge in [0, 0.05) is 18.2 Å². The van der Waals surface area contributed by atoms with E-state index in [1.165, 1.54) is 0 Å². The molecule has 8 nitrogen and oxygen atoms in total. The van der Waals surface area contributed by atoms with Crippen LogP contribution in [0.3, 0.4) is 0 Å². The molecule has 0 aromatic carbocycles. The van der Waals surface area contributed by atoms with Gasteiger partial charge >= 0.3 is 0 Å². The van der Waals surface area contributed by atoms with Crippen molar-refractivity contribution >= 4 is 26.9 Å². The summed E-state index contributed by atoms with van der Waals surface area (Å²) in [7, 11) is -3.90. The maximum Gasteiger partial charge on any atom is 0.280 e. The Morgan fingerprint density at radius 2 is 2.00 bits per heavy atom. The van der Waals surface area contributed by atoms with E-state index in [1.807, 2.05) is 16.7 Å². The van der Waals surface area contributed by atoms with Crippen LogP contribution in [0.2, 0.25) is 0 Å². The monoisotopic (exact) mass is 410 g/mol. The average Bonchev–Trinajstić information content (AvgIpc) is 3.29. The van der Waals surface area contributed by atoms with E-state index >= 15 is 0 Å². The molecule has 0 unspecified atom stereocenters. The molecule has 1 aliphatic heterocycles. The molecular weight excluding hydrogens is 390 g/mol. The Labute approximate surface area is 160 Å². The normalized spacial score (nSPS) is 28.2. The van der Waals surface area contributed by atoms with Gasteiger partial charge in [0.05, 0.1) is 36.5 Å². The molecule has 28 heavy (non-hydrogen) atoms. The van der Waals surface area contributed by atoms with Gasteiger partial charge < -0.3 is 4.98 Å². The van der Waals surface area contributed by atoms with E-state index in [2.05, 4.69) is 26.6 Å². The van der Waals surface area contributed by atoms with Crippen molar-refractivity contribution in [2.45, 2.75) is 37.6 Å². The van der Waals surface area contributed by atoms with Gasteiger partial charge in [-0.3, -0.25) is 4.40 Å². The highest BCUT2D eigenvalue weighted by molar-refractivity contribution is 7.87. The van der Waals surface area contributed by atoms with E-state index in [0.29, 0.717) is 12.8 Å². The summed E-state index contributed by atoms with van der Waals surface area (Å²) < 4.78 is 56.2. The summed E-state index contributed by atoms with van der Waals surface area (Å²) in [5.41, 5.74) is 2.55. The third-order valence-electron chi connectivity index (χ3n) is 5.77. The van der Waals surface area contributed by atoms with Gasteiger partial charge in [-0.05, 0) is 24.8 Å². The molecule has 3 atom stereocenters. The fraction of sp³-hybridized carbons (Fsp3) is 0.529. The van der Waals surface area contributed by atoms with Crippen molar-refractivity contribution < 1.29 is 17.2 Å². The zero-order valence-electron chi connectivity index (χ0n) is 15.1. The zero-order valence-corrected chi connectivity index (χ0v) is 16.0. The van der Waals surface area contributed by atoms with Gasteiger partial charge in [0.25, 0.3) is 16.1 Å². The van der Waals surface area contributed by atoms with Crippen molar-refractivity contribution in [2.24, 2.45) is 5.92 Å². The number of halogens is 2. The predicted molar refractivity (Wildman–Crippen MR) is 98.3 cm³/mol. The number of aromatic nitrogens is 4. The standard InChI is InChI=1S/C17H20F2N6O2S/c1-10-4-11(23-28(26,27)24-8-17(18,19)9-24)5-13(10)16-22-7-12-6-21-15-14(25(12)16)2-3-20-15/h2-3,6-7,10-11,13,20,23H,4-5,8-9H2,1H3/t10-,11+,13+/m1/s1. The first-order chi connectivity index (χ1) is 13.2. The minimum atomic E-state index is -3.90. The van der Waals surface area contributed by atoms with Gasteiger partial charge in [0.15, 0.2) is 5.65 Å². The van der Waals surface area contributed by atoms with Crippen LogP contribution in [0, 0.1) is 5.92 Å². The molecule has 3 aromatic rings. The summed E-state index contributed by atoms with van der Waals surface area (Å²) in [5.74, 6) is -1.82.